The molecule has 0 aliphatic rings. The number of nitrogens with zero attached hydrogens (tertiary/aromatic N) is 3. The van der Waals surface area contributed by atoms with E-state index in [1.165, 1.54) is 23.0 Å². The van der Waals surface area contributed by atoms with Crippen molar-refractivity contribution in [2.75, 3.05) is 0 Å². The van der Waals surface area contributed by atoms with Crippen LogP contribution in [0.15, 0.2) is 24.5 Å². The van der Waals surface area contributed by atoms with Crippen molar-refractivity contribution in [3.8, 4) is 11.7 Å². The van der Waals surface area contributed by atoms with Gasteiger partial charge >= 0.3 is 6.61 Å². The summed E-state index contributed by atoms with van der Waals surface area (Å²) < 4.78 is 42.1. The molecule has 2 rings (SSSR count). The molecule has 0 aromatic carbocycles. The number of halogens is 3. The fourth-order valence-corrected chi connectivity index (χ4v) is 1.27. The third-order valence-electron chi connectivity index (χ3n) is 2.00. The Morgan fingerprint density at radius 2 is 1.95 bits per heavy atom. The third-order valence-corrected chi connectivity index (χ3v) is 2.00. The van der Waals surface area contributed by atoms with E-state index in [9.17, 15) is 13.2 Å². The Balaban J connectivity index is 0.000000861. The number of alkyl halides is 2. The summed E-state index contributed by atoms with van der Waals surface area (Å²) in [6, 6.07) is 2.58. The molecule has 0 saturated carbocycles. The number of ether oxygens (including phenoxy) is 1. The molecule has 0 atom stereocenters. The lowest BCUT2D eigenvalue weighted by Crippen LogP contribution is -2.04. The maximum absolute atomic E-state index is 12.6. The van der Waals surface area contributed by atoms with E-state index in [-0.39, 0.29) is 5.88 Å². The monoisotopic (exact) mass is 273 g/mol. The minimum atomic E-state index is -2.93. The van der Waals surface area contributed by atoms with E-state index >= 15 is 0 Å². The first-order valence-corrected chi connectivity index (χ1v) is 5.69. The van der Waals surface area contributed by atoms with Gasteiger partial charge in [-0.1, -0.05) is 13.8 Å². The molecule has 7 heteroatoms. The van der Waals surface area contributed by atoms with Crippen molar-refractivity contribution in [3.63, 3.8) is 0 Å². The number of pyridine rings is 1. The lowest BCUT2D eigenvalue weighted by molar-refractivity contribution is -0.0534. The van der Waals surface area contributed by atoms with Crippen LogP contribution in [0.25, 0.3) is 5.82 Å². The average Bonchev–Trinajstić information content (AvgIpc) is 2.73. The molecule has 0 saturated heterocycles. The van der Waals surface area contributed by atoms with E-state index in [4.69, 9.17) is 0 Å². The van der Waals surface area contributed by atoms with Crippen LogP contribution in [0.4, 0.5) is 13.2 Å². The van der Waals surface area contributed by atoms with Gasteiger partial charge in [-0.15, -0.1) is 5.10 Å². The van der Waals surface area contributed by atoms with Gasteiger partial charge in [-0.25, -0.2) is 14.1 Å². The molecule has 0 bridgehead atoms. The highest BCUT2D eigenvalue weighted by Gasteiger charge is 2.12. The Bertz CT molecular complexity index is 511. The first kappa shape index (κ1) is 15.0. The molecule has 104 valence electrons. The lowest BCUT2D eigenvalue weighted by Gasteiger charge is -2.00. The van der Waals surface area contributed by atoms with Crippen LogP contribution >= 0.6 is 0 Å². The van der Waals surface area contributed by atoms with E-state index in [1.807, 2.05) is 13.8 Å². The molecule has 0 spiro atoms. The highest BCUT2D eigenvalue weighted by Crippen LogP contribution is 2.18. The third kappa shape index (κ3) is 3.97. The second kappa shape index (κ2) is 6.77. The van der Waals surface area contributed by atoms with Gasteiger partial charge in [0, 0.05) is 11.8 Å². The van der Waals surface area contributed by atoms with Crippen molar-refractivity contribution >= 4 is 0 Å². The maximum Gasteiger partial charge on any atom is 0.388 e. The summed E-state index contributed by atoms with van der Waals surface area (Å²) in [5.74, 6) is -0.341. The van der Waals surface area contributed by atoms with Crippen LogP contribution in [0.3, 0.4) is 0 Å². The molecule has 4 nitrogen and oxygen atoms in total. The predicted molar refractivity (Wildman–Crippen MR) is 64.0 cm³/mol. The molecule has 0 unspecified atom stereocenters. The molecule has 0 N–H and O–H groups in total. The maximum atomic E-state index is 12.6. The SMILES string of the molecule is CC.Cc1cn(-c2ccc(F)cn2)nc1OC(F)F. The summed E-state index contributed by atoms with van der Waals surface area (Å²) in [5, 5.41) is 3.78. The molecule has 0 radical (unpaired) electrons. The van der Waals surface area contributed by atoms with Gasteiger partial charge in [0.1, 0.15) is 5.82 Å². The van der Waals surface area contributed by atoms with Crippen LogP contribution in [0.1, 0.15) is 19.4 Å². The fourth-order valence-electron chi connectivity index (χ4n) is 1.27. The topological polar surface area (TPSA) is 39.9 Å². The second-order valence-corrected chi connectivity index (χ2v) is 3.27. The summed E-state index contributed by atoms with van der Waals surface area (Å²) in [4.78, 5) is 3.76. The predicted octanol–water partition coefficient (Wildman–Crippen LogP) is 3.34. The van der Waals surface area contributed by atoms with Gasteiger partial charge in [0.15, 0.2) is 5.82 Å². The molecule has 19 heavy (non-hydrogen) atoms. The van der Waals surface area contributed by atoms with E-state index in [1.54, 1.807) is 6.92 Å². The second-order valence-electron chi connectivity index (χ2n) is 3.27. The molecule has 0 aliphatic heterocycles. The van der Waals surface area contributed by atoms with E-state index in [0.29, 0.717) is 11.4 Å². The molecule has 0 aliphatic carbocycles. The van der Waals surface area contributed by atoms with Crippen LogP contribution in [-0.4, -0.2) is 21.4 Å². The molecule has 2 heterocycles. The van der Waals surface area contributed by atoms with Crippen LogP contribution in [0.2, 0.25) is 0 Å². The standard InChI is InChI=1S/C10H8F3N3O.C2H6/c1-6-5-16(15-9(6)17-10(12)13)8-3-2-7(11)4-14-8;1-2/h2-5,10H,1H3;1-2H3. The van der Waals surface area contributed by atoms with Crippen molar-refractivity contribution in [2.45, 2.75) is 27.4 Å². The van der Waals surface area contributed by atoms with Crippen molar-refractivity contribution in [3.05, 3.63) is 35.9 Å². The summed E-state index contributed by atoms with van der Waals surface area (Å²) in [6.45, 7) is 2.64. The Morgan fingerprint density at radius 3 is 2.47 bits per heavy atom. The minimum Gasteiger partial charge on any atom is -0.415 e. The van der Waals surface area contributed by atoms with Crippen molar-refractivity contribution in [1.29, 1.82) is 0 Å². The van der Waals surface area contributed by atoms with Crippen molar-refractivity contribution in [1.82, 2.24) is 14.8 Å². The number of rotatable bonds is 3. The summed E-state index contributed by atoms with van der Waals surface area (Å²) in [6.07, 6.45) is 2.48. The van der Waals surface area contributed by atoms with Gasteiger partial charge in [-0.05, 0) is 19.1 Å². The molecular formula is C12H14F3N3O. The van der Waals surface area contributed by atoms with Gasteiger partial charge in [0.05, 0.1) is 6.20 Å². The van der Waals surface area contributed by atoms with Gasteiger partial charge < -0.3 is 4.74 Å². The highest BCUT2D eigenvalue weighted by atomic mass is 19.3. The number of hydrogen-bond acceptors (Lipinski definition) is 3. The quantitative estimate of drug-likeness (QED) is 0.861. The molecule has 0 amide bonds. The van der Waals surface area contributed by atoms with Crippen molar-refractivity contribution < 1.29 is 17.9 Å². The number of hydrogen-bond donors (Lipinski definition) is 0. The number of aryl methyl sites for hydroxylation is 1. The van der Waals surface area contributed by atoms with E-state index in [2.05, 4.69) is 14.8 Å². The molecule has 2 aromatic rings. The first-order chi connectivity index (χ1) is 9.06. The van der Waals surface area contributed by atoms with Gasteiger partial charge in [0.25, 0.3) is 0 Å². The summed E-state index contributed by atoms with van der Waals surface area (Å²) in [5.41, 5.74) is 0.441. The van der Waals surface area contributed by atoms with Crippen LogP contribution < -0.4 is 4.74 Å². The Hall–Kier alpha value is -2.05. The van der Waals surface area contributed by atoms with E-state index in [0.717, 1.165) is 6.20 Å². The van der Waals surface area contributed by atoms with Crippen LogP contribution in [-0.2, 0) is 0 Å². The number of aromatic nitrogens is 3. The zero-order valence-electron chi connectivity index (χ0n) is 10.8. The molecule has 0 fully saturated rings. The normalized spacial score (nSPS) is 10.1. The summed E-state index contributed by atoms with van der Waals surface area (Å²) >= 11 is 0. The van der Waals surface area contributed by atoms with Crippen LogP contribution in [0, 0.1) is 12.7 Å². The molecular weight excluding hydrogens is 259 g/mol. The van der Waals surface area contributed by atoms with Gasteiger partial charge in [0.2, 0.25) is 5.88 Å². The largest absolute Gasteiger partial charge is 0.415 e. The zero-order valence-corrected chi connectivity index (χ0v) is 10.8. The molecule has 2 aromatic heterocycles. The van der Waals surface area contributed by atoms with Crippen LogP contribution in [0.5, 0.6) is 5.88 Å². The first-order valence-electron chi connectivity index (χ1n) is 5.69. The van der Waals surface area contributed by atoms with E-state index < -0.39 is 12.4 Å². The Morgan fingerprint density at radius 1 is 1.26 bits per heavy atom. The van der Waals surface area contributed by atoms with Gasteiger partial charge in [-0.2, -0.15) is 8.78 Å². The zero-order chi connectivity index (χ0) is 14.4. The Kier molecular flexibility index (Phi) is 5.35. The minimum absolute atomic E-state index is 0.175. The summed E-state index contributed by atoms with van der Waals surface area (Å²) in [7, 11) is 0. The fraction of sp³-hybridized carbons (Fsp3) is 0.333. The van der Waals surface area contributed by atoms with Crippen molar-refractivity contribution in [2.24, 2.45) is 0 Å². The average molecular weight is 273 g/mol. The Labute approximate surface area is 108 Å². The smallest absolute Gasteiger partial charge is 0.388 e. The lowest BCUT2D eigenvalue weighted by atomic mass is 10.4. The van der Waals surface area contributed by atoms with Gasteiger partial charge in [-0.3, -0.25) is 0 Å². The highest BCUT2D eigenvalue weighted by molar-refractivity contribution is 5.28.